The van der Waals surface area contributed by atoms with E-state index in [1.54, 1.807) is 0 Å². The smallest absolute Gasteiger partial charge is 0.317 e. The first-order valence-electron chi connectivity index (χ1n) is 5.04. The number of carbonyl (C=O) groups is 2. The molecule has 0 aromatic heterocycles. The molecule has 0 bridgehead atoms. The molecule has 0 radical (unpaired) electrons. The van der Waals surface area contributed by atoms with Crippen LogP contribution >= 0.6 is 15.9 Å². The SMILES string of the molecule is CC(=O)C1CC(c2ccc(Br)cc2)OC1=O. The largest absolute Gasteiger partial charge is 0.457 e. The lowest BCUT2D eigenvalue weighted by Crippen LogP contribution is -2.15. The molecule has 1 aromatic carbocycles. The van der Waals surface area contributed by atoms with Crippen molar-refractivity contribution in [2.75, 3.05) is 0 Å². The van der Waals surface area contributed by atoms with Crippen LogP contribution in [0.2, 0.25) is 0 Å². The van der Waals surface area contributed by atoms with Crippen LogP contribution in [0.5, 0.6) is 0 Å². The van der Waals surface area contributed by atoms with Crippen LogP contribution in [-0.2, 0) is 14.3 Å². The third-order valence-electron chi connectivity index (χ3n) is 2.73. The third-order valence-corrected chi connectivity index (χ3v) is 3.25. The van der Waals surface area contributed by atoms with E-state index in [0.29, 0.717) is 6.42 Å². The van der Waals surface area contributed by atoms with Gasteiger partial charge in [-0.1, -0.05) is 28.1 Å². The van der Waals surface area contributed by atoms with Crippen LogP contribution in [0, 0.1) is 5.92 Å². The van der Waals surface area contributed by atoms with Gasteiger partial charge >= 0.3 is 5.97 Å². The minimum atomic E-state index is -0.589. The summed E-state index contributed by atoms with van der Waals surface area (Å²) in [5.41, 5.74) is 0.931. The van der Waals surface area contributed by atoms with Crippen LogP contribution in [0.25, 0.3) is 0 Å². The van der Waals surface area contributed by atoms with Gasteiger partial charge in [0.05, 0.1) is 0 Å². The molecule has 0 aliphatic carbocycles. The molecule has 1 aromatic rings. The number of halogens is 1. The van der Waals surface area contributed by atoms with Crippen molar-refractivity contribution in [2.45, 2.75) is 19.4 Å². The van der Waals surface area contributed by atoms with E-state index in [9.17, 15) is 9.59 Å². The highest BCUT2D eigenvalue weighted by Gasteiger charge is 2.38. The van der Waals surface area contributed by atoms with Crippen LogP contribution in [-0.4, -0.2) is 11.8 Å². The molecule has 84 valence electrons. The fourth-order valence-electron chi connectivity index (χ4n) is 1.79. The van der Waals surface area contributed by atoms with Crippen LogP contribution in [0.15, 0.2) is 28.7 Å². The van der Waals surface area contributed by atoms with Gasteiger partial charge in [-0.05, 0) is 24.6 Å². The highest BCUT2D eigenvalue weighted by Crippen LogP contribution is 2.34. The Bertz CT molecular complexity index is 424. The molecule has 2 unspecified atom stereocenters. The van der Waals surface area contributed by atoms with Crippen molar-refractivity contribution in [1.82, 2.24) is 0 Å². The molecule has 2 atom stereocenters. The zero-order chi connectivity index (χ0) is 11.7. The van der Waals surface area contributed by atoms with E-state index in [4.69, 9.17) is 4.74 Å². The second-order valence-corrected chi connectivity index (χ2v) is 4.79. The Morgan fingerprint density at radius 2 is 2.00 bits per heavy atom. The van der Waals surface area contributed by atoms with Crippen molar-refractivity contribution in [3.63, 3.8) is 0 Å². The van der Waals surface area contributed by atoms with Crippen molar-refractivity contribution >= 4 is 27.7 Å². The Labute approximate surface area is 102 Å². The zero-order valence-electron chi connectivity index (χ0n) is 8.77. The first-order chi connectivity index (χ1) is 7.58. The number of benzene rings is 1. The van der Waals surface area contributed by atoms with Crippen LogP contribution in [0.4, 0.5) is 0 Å². The van der Waals surface area contributed by atoms with E-state index >= 15 is 0 Å². The number of Topliss-reactive ketones (excluding diaryl/α,β-unsaturated/α-hetero) is 1. The molecular weight excluding hydrogens is 272 g/mol. The maximum atomic E-state index is 11.4. The predicted octanol–water partition coefficient (Wildman–Crippen LogP) is 2.64. The second-order valence-electron chi connectivity index (χ2n) is 3.88. The van der Waals surface area contributed by atoms with Gasteiger partial charge in [0.25, 0.3) is 0 Å². The molecule has 0 saturated carbocycles. The molecule has 3 nitrogen and oxygen atoms in total. The summed E-state index contributed by atoms with van der Waals surface area (Å²) in [6.07, 6.45) is 0.171. The lowest BCUT2D eigenvalue weighted by molar-refractivity contribution is -0.146. The summed E-state index contributed by atoms with van der Waals surface area (Å²) in [6.45, 7) is 1.43. The number of esters is 1. The fraction of sp³-hybridized carbons (Fsp3) is 0.333. The fourth-order valence-corrected chi connectivity index (χ4v) is 2.06. The minimum absolute atomic E-state index is 0.121. The summed E-state index contributed by atoms with van der Waals surface area (Å²) in [4.78, 5) is 22.6. The number of cyclic esters (lactones) is 1. The predicted molar refractivity (Wildman–Crippen MR) is 61.8 cm³/mol. The molecule has 1 aliphatic rings. The van der Waals surface area contributed by atoms with Crippen molar-refractivity contribution in [3.05, 3.63) is 34.3 Å². The molecule has 1 aliphatic heterocycles. The number of hydrogen-bond donors (Lipinski definition) is 0. The maximum absolute atomic E-state index is 11.4. The van der Waals surface area contributed by atoms with Crippen molar-refractivity contribution in [3.8, 4) is 0 Å². The lowest BCUT2D eigenvalue weighted by Gasteiger charge is -2.08. The molecule has 0 amide bonds. The first-order valence-corrected chi connectivity index (χ1v) is 5.83. The monoisotopic (exact) mass is 282 g/mol. The van der Waals surface area contributed by atoms with Gasteiger partial charge in [-0.15, -0.1) is 0 Å². The molecule has 2 rings (SSSR count). The summed E-state index contributed by atoms with van der Waals surface area (Å²) in [5.74, 6) is -1.11. The van der Waals surface area contributed by atoms with Crippen molar-refractivity contribution in [2.24, 2.45) is 5.92 Å². The van der Waals surface area contributed by atoms with E-state index in [-0.39, 0.29) is 11.9 Å². The van der Waals surface area contributed by atoms with E-state index in [2.05, 4.69) is 15.9 Å². The van der Waals surface area contributed by atoms with Gasteiger partial charge in [0.1, 0.15) is 17.8 Å². The molecule has 1 saturated heterocycles. The summed E-state index contributed by atoms with van der Waals surface area (Å²) in [6, 6.07) is 7.57. The van der Waals surface area contributed by atoms with Gasteiger partial charge in [-0.25, -0.2) is 0 Å². The van der Waals surface area contributed by atoms with Crippen molar-refractivity contribution < 1.29 is 14.3 Å². The van der Waals surface area contributed by atoms with E-state index in [0.717, 1.165) is 10.0 Å². The normalized spacial score (nSPS) is 24.2. The van der Waals surface area contributed by atoms with Crippen LogP contribution in [0.1, 0.15) is 25.0 Å². The summed E-state index contributed by atoms with van der Waals surface area (Å²) < 4.78 is 6.16. The molecule has 0 N–H and O–H groups in total. The number of rotatable bonds is 2. The first kappa shape index (κ1) is 11.3. The Kier molecular flexibility index (Phi) is 3.10. The Morgan fingerprint density at radius 3 is 2.50 bits per heavy atom. The summed E-state index contributed by atoms with van der Waals surface area (Å²) in [5, 5.41) is 0. The van der Waals surface area contributed by atoms with Crippen LogP contribution in [0.3, 0.4) is 0 Å². The standard InChI is InChI=1S/C12H11BrO3/c1-7(14)10-6-11(16-12(10)15)8-2-4-9(13)5-3-8/h2-5,10-11H,6H2,1H3. The average molecular weight is 283 g/mol. The Morgan fingerprint density at radius 1 is 1.38 bits per heavy atom. The van der Waals surface area contributed by atoms with Gasteiger partial charge in [-0.2, -0.15) is 0 Å². The number of hydrogen-bond acceptors (Lipinski definition) is 3. The molecule has 4 heteroatoms. The Hall–Kier alpha value is -1.16. The van der Waals surface area contributed by atoms with Crippen molar-refractivity contribution in [1.29, 1.82) is 0 Å². The molecular formula is C12H11BrO3. The molecule has 16 heavy (non-hydrogen) atoms. The Balaban J connectivity index is 2.16. The van der Waals surface area contributed by atoms with Gasteiger partial charge in [0.2, 0.25) is 0 Å². The van der Waals surface area contributed by atoms with E-state index in [1.807, 2.05) is 24.3 Å². The number of ketones is 1. The molecule has 1 heterocycles. The maximum Gasteiger partial charge on any atom is 0.317 e. The van der Waals surface area contributed by atoms with Gasteiger partial charge in [0, 0.05) is 10.9 Å². The lowest BCUT2D eigenvalue weighted by atomic mass is 9.97. The highest BCUT2D eigenvalue weighted by molar-refractivity contribution is 9.10. The van der Waals surface area contributed by atoms with Gasteiger partial charge in [0.15, 0.2) is 0 Å². The topological polar surface area (TPSA) is 43.4 Å². The summed E-state index contributed by atoms with van der Waals surface area (Å²) >= 11 is 3.34. The quantitative estimate of drug-likeness (QED) is 0.619. The van der Waals surface area contributed by atoms with E-state index < -0.39 is 11.9 Å². The molecule has 0 spiro atoms. The third kappa shape index (κ3) is 2.16. The van der Waals surface area contributed by atoms with Gasteiger partial charge < -0.3 is 4.74 Å². The average Bonchev–Trinajstić information content (AvgIpc) is 2.61. The zero-order valence-corrected chi connectivity index (χ0v) is 10.4. The second kappa shape index (κ2) is 4.37. The van der Waals surface area contributed by atoms with E-state index in [1.165, 1.54) is 6.92 Å². The minimum Gasteiger partial charge on any atom is -0.457 e. The highest BCUT2D eigenvalue weighted by atomic mass is 79.9. The molecule has 1 fully saturated rings. The van der Waals surface area contributed by atoms with Crippen LogP contribution < -0.4 is 0 Å². The number of carbonyl (C=O) groups excluding carboxylic acids is 2. The summed E-state index contributed by atoms with van der Waals surface area (Å²) in [7, 11) is 0. The number of ether oxygens (including phenoxy) is 1. The van der Waals surface area contributed by atoms with Gasteiger partial charge in [-0.3, -0.25) is 9.59 Å².